The van der Waals surface area contributed by atoms with Crippen molar-refractivity contribution in [2.45, 2.75) is 26.3 Å². The molecule has 1 aliphatic heterocycles. The van der Waals surface area contributed by atoms with Crippen LogP contribution in [-0.2, 0) is 9.59 Å². The van der Waals surface area contributed by atoms with E-state index in [2.05, 4.69) is 15.9 Å². The number of fused-ring (bicyclic) bond motifs is 1. The highest BCUT2D eigenvalue weighted by Gasteiger charge is 2.46. The maximum Gasteiger partial charge on any atom is 0.295 e. The van der Waals surface area contributed by atoms with Crippen LogP contribution in [0, 0.1) is 6.92 Å². The molecule has 1 saturated heterocycles. The zero-order valence-corrected chi connectivity index (χ0v) is 18.4. The van der Waals surface area contributed by atoms with Crippen molar-refractivity contribution in [3.8, 4) is 0 Å². The molecule has 1 fully saturated rings. The Balaban J connectivity index is 1.98. The predicted octanol–water partition coefficient (Wildman–Crippen LogP) is 5.74. The molecule has 1 aliphatic rings. The summed E-state index contributed by atoms with van der Waals surface area (Å²) < 4.78 is 0.913. The van der Waals surface area contributed by atoms with Gasteiger partial charge in [0.05, 0.1) is 11.6 Å². The average Bonchev–Trinajstić information content (AvgIpc) is 3.00. The lowest BCUT2D eigenvalue weighted by Crippen LogP contribution is -2.30. The van der Waals surface area contributed by atoms with Gasteiger partial charge in [0.2, 0.25) is 0 Å². The summed E-state index contributed by atoms with van der Waals surface area (Å²) in [4.78, 5) is 27.5. The number of carbonyl (C=O) groups is 2. The van der Waals surface area contributed by atoms with Crippen molar-refractivity contribution in [3.05, 3.63) is 87.4 Å². The summed E-state index contributed by atoms with van der Waals surface area (Å²) in [5, 5.41) is 13.2. The Morgan fingerprint density at radius 1 is 1.07 bits per heavy atom. The van der Waals surface area contributed by atoms with Gasteiger partial charge in [0.15, 0.2) is 0 Å². The van der Waals surface area contributed by atoms with Gasteiger partial charge in [-0.1, -0.05) is 71.4 Å². The van der Waals surface area contributed by atoms with Gasteiger partial charge in [-0.15, -0.1) is 0 Å². The Morgan fingerprint density at radius 3 is 2.53 bits per heavy atom. The third-order valence-electron chi connectivity index (χ3n) is 5.55. The van der Waals surface area contributed by atoms with Crippen LogP contribution in [0.2, 0.25) is 0 Å². The van der Waals surface area contributed by atoms with Crippen molar-refractivity contribution in [3.63, 3.8) is 0 Å². The number of likely N-dealkylation sites (tertiary alicyclic amines) is 1. The highest BCUT2D eigenvalue weighted by atomic mass is 79.9. The molecule has 0 aromatic heterocycles. The molecule has 30 heavy (non-hydrogen) atoms. The van der Waals surface area contributed by atoms with Crippen LogP contribution in [0.4, 0.5) is 0 Å². The van der Waals surface area contributed by atoms with Crippen LogP contribution in [0.3, 0.4) is 0 Å². The minimum absolute atomic E-state index is 0.138. The number of Topliss-reactive ketones (excluding diaryl/α,β-unsaturated/α-hetero) is 1. The van der Waals surface area contributed by atoms with Crippen molar-refractivity contribution >= 4 is 44.2 Å². The molecule has 1 heterocycles. The molecule has 1 atom stereocenters. The minimum Gasteiger partial charge on any atom is -0.507 e. The average molecular weight is 464 g/mol. The molecule has 3 aromatic carbocycles. The second-order valence-electron chi connectivity index (χ2n) is 7.52. The van der Waals surface area contributed by atoms with Crippen LogP contribution in [0.25, 0.3) is 16.5 Å². The van der Waals surface area contributed by atoms with Crippen molar-refractivity contribution in [2.75, 3.05) is 6.54 Å². The lowest BCUT2D eigenvalue weighted by Gasteiger charge is -2.26. The highest BCUT2D eigenvalue weighted by molar-refractivity contribution is 9.10. The number of nitrogens with zero attached hydrogens (tertiary/aromatic N) is 1. The maximum absolute atomic E-state index is 13.1. The first-order chi connectivity index (χ1) is 14.4. The molecule has 0 spiro atoms. The summed E-state index contributed by atoms with van der Waals surface area (Å²) in [6, 6.07) is 18.5. The molecule has 1 N–H and O–H groups in total. The van der Waals surface area contributed by atoms with Crippen LogP contribution in [0.1, 0.15) is 36.1 Å². The monoisotopic (exact) mass is 463 g/mol. The van der Waals surface area contributed by atoms with Gasteiger partial charge >= 0.3 is 0 Å². The standard InChI is InChI=1S/C25H22BrNO3/c1-3-13-27-22(19-10-6-8-16-7-4-5-9-18(16)19)21(24(29)25(27)30)23(28)17-11-12-20(26)15(2)14-17/h4-12,14,22,28H,3,13H2,1-2H3/b23-21-. The van der Waals surface area contributed by atoms with Gasteiger partial charge in [0, 0.05) is 16.6 Å². The summed E-state index contributed by atoms with van der Waals surface area (Å²) in [6.45, 7) is 4.32. The van der Waals surface area contributed by atoms with E-state index in [1.807, 2.05) is 68.4 Å². The molecule has 0 saturated carbocycles. The molecule has 1 unspecified atom stereocenters. The van der Waals surface area contributed by atoms with E-state index < -0.39 is 17.7 Å². The first-order valence-electron chi connectivity index (χ1n) is 9.96. The lowest BCUT2D eigenvalue weighted by atomic mass is 9.91. The van der Waals surface area contributed by atoms with Gasteiger partial charge in [-0.05, 0) is 47.4 Å². The topological polar surface area (TPSA) is 57.6 Å². The minimum atomic E-state index is -0.639. The zero-order chi connectivity index (χ0) is 21.4. The van der Waals surface area contributed by atoms with E-state index in [0.29, 0.717) is 18.5 Å². The fourth-order valence-electron chi connectivity index (χ4n) is 4.11. The summed E-state index contributed by atoms with van der Waals surface area (Å²) in [5.41, 5.74) is 2.45. The quantitative estimate of drug-likeness (QED) is 0.304. The van der Waals surface area contributed by atoms with E-state index in [0.717, 1.165) is 26.4 Å². The SMILES string of the molecule is CCCN1C(=O)C(=O)/C(=C(\O)c2ccc(Br)c(C)c2)C1c1cccc2ccccc12. The largest absolute Gasteiger partial charge is 0.507 e. The number of rotatable bonds is 4. The van der Waals surface area contributed by atoms with E-state index >= 15 is 0 Å². The van der Waals surface area contributed by atoms with Crippen LogP contribution in [0.15, 0.2) is 70.7 Å². The van der Waals surface area contributed by atoms with Gasteiger partial charge in [-0.3, -0.25) is 9.59 Å². The molecule has 4 nitrogen and oxygen atoms in total. The number of amides is 1. The number of hydrogen-bond acceptors (Lipinski definition) is 3. The van der Waals surface area contributed by atoms with Crippen LogP contribution in [-0.4, -0.2) is 28.2 Å². The first kappa shape index (κ1) is 20.4. The molecule has 0 aliphatic carbocycles. The Hall–Kier alpha value is -2.92. The first-order valence-corrected chi connectivity index (χ1v) is 10.8. The van der Waals surface area contributed by atoms with Gasteiger partial charge in [0.25, 0.3) is 11.7 Å². The Bertz CT molecular complexity index is 1190. The predicted molar refractivity (Wildman–Crippen MR) is 122 cm³/mol. The second-order valence-corrected chi connectivity index (χ2v) is 8.38. The number of ketones is 1. The van der Waals surface area contributed by atoms with E-state index in [1.165, 1.54) is 0 Å². The Morgan fingerprint density at radius 2 is 1.80 bits per heavy atom. The van der Waals surface area contributed by atoms with E-state index in [1.54, 1.807) is 11.0 Å². The smallest absolute Gasteiger partial charge is 0.295 e. The summed E-state index contributed by atoms with van der Waals surface area (Å²) >= 11 is 3.46. The van der Waals surface area contributed by atoms with Crippen molar-refractivity contribution < 1.29 is 14.7 Å². The number of halogens is 1. The van der Waals surface area contributed by atoms with Gasteiger partial charge in [-0.2, -0.15) is 0 Å². The molecule has 5 heteroatoms. The van der Waals surface area contributed by atoms with E-state index in [9.17, 15) is 14.7 Å². The fourth-order valence-corrected chi connectivity index (χ4v) is 4.36. The Kier molecular flexibility index (Phi) is 5.48. The second kappa shape index (κ2) is 8.07. The van der Waals surface area contributed by atoms with Crippen molar-refractivity contribution in [1.29, 1.82) is 0 Å². The summed E-state index contributed by atoms with van der Waals surface area (Å²) in [7, 11) is 0. The number of carbonyl (C=O) groups excluding carboxylic acids is 2. The molecular formula is C25H22BrNO3. The molecule has 0 bridgehead atoms. The molecule has 1 amide bonds. The fraction of sp³-hybridized carbons (Fsp3) is 0.200. The zero-order valence-electron chi connectivity index (χ0n) is 16.9. The van der Waals surface area contributed by atoms with Gasteiger partial charge in [-0.25, -0.2) is 0 Å². The normalized spacial score (nSPS) is 18.4. The van der Waals surface area contributed by atoms with Crippen LogP contribution in [0.5, 0.6) is 0 Å². The number of hydrogen-bond donors (Lipinski definition) is 1. The molecule has 4 rings (SSSR count). The van der Waals surface area contributed by atoms with Gasteiger partial charge < -0.3 is 10.0 Å². The van der Waals surface area contributed by atoms with Crippen LogP contribution < -0.4 is 0 Å². The van der Waals surface area contributed by atoms with Gasteiger partial charge in [0.1, 0.15) is 5.76 Å². The molecule has 152 valence electrons. The van der Waals surface area contributed by atoms with E-state index in [-0.39, 0.29) is 11.3 Å². The highest BCUT2D eigenvalue weighted by Crippen LogP contribution is 2.42. The van der Waals surface area contributed by atoms with Crippen LogP contribution >= 0.6 is 15.9 Å². The van der Waals surface area contributed by atoms with Crippen molar-refractivity contribution in [2.24, 2.45) is 0 Å². The maximum atomic E-state index is 13.1. The molecule has 3 aromatic rings. The third kappa shape index (κ3) is 3.33. The molecule has 0 radical (unpaired) electrons. The summed E-state index contributed by atoms with van der Waals surface area (Å²) in [6.07, 6.45) is 0.714. The Labute approximate surface area is 184 Å². The number of benzene rings is 3. The number of aliphatic hydroxyl groups excluding tert-OH is 1. The van der Waals surface area contributed by atoms with E-state index in [4.69, 9.17) is 0 Å². The third-order valence-corrected chi connectivity index (χ3v) is 6.44. The molecular weight excluding hydrogens is 442 g/mol. The lowest BCUT2D eigenvalue weighted by molar-refractivity contribution is -0.139. The van der Waals surface area contributed by atoms with Crippen molar-refractivity contribution in [1.82, 2.24) is 4.90 Å². The summed E-state index contributed by atoms with van der Waals surface area (Å²) in [5.74, 6) is -1.34. The number of aliphatic hydroxyl groups is 1. The number of aryl methyl sites for hydroxylation is 1.